The number of rotatable bonds is 4. The highest BCUT2D eigenvalue weighted by Crippen LogP contribution is 2.28. The fourth-order valence-corrected chi connectivity index (χ4v) is 1.85. The third kappa shape index (κ3) is 3.61. The van der Waals surface area contributed by atoms with Gasteiger partial charge in [-0.05, 0) is 18.2 Å². The molecule has 2 rings (SSSR count). The summed E-state index contributed by atoms with van der Waals surface area (Å²) < 4.78 is 78.3. The average Bonchev–Trinajstić information content (AvgIpc) is 2.41. The van der Waals surface area contributed by atoms with E-state index < -0.39 is 27.0 Å². The molecule has 1 N–H and O–H groups in total. The predicted molar refractivity (Wildman–Crippen MR) is 67.1 cm³/mol. The van der Waals surface area contributed by atoms with Crippen molar-refractivity contribution in [3.05, 3.63) is 42.5 Å². The zero-order valence-corrected chi connectivity index (χ0v) is 11.3. The van der Waals surface area contributed by atoms with Crippen LogP contribution < -0.4 is 9.46 Å². The fourth-order valence-electron chi connectivity index (χ4n) is 1.30. The molecule has 118 valence electrons. The van der Waals surface area contributed by atoms with Crippen LogP contribution in [0.25, 0.3) is 0 Å². The van der Waals surface area contributed by atoms with Crippen molar-refractivity contribution >= 4 is 15.7 Å². The normalized spacial score (nSPS) is 12.0. The van der Waals surface area contributed by atoms with E-state index in [0.29, 0.717) is 6.07 Å². The summed E-state index contributed by atoms with van der Waals surface area (Å²) in [6.07, 6.45) is 2.68. The second-order valence-corrected chi connectivity index (χ2v) is 5.50. The minimum atomic E-state index is -5.62. The first-order chi connectivity index (χ1) is 10.2. The molecule has 2 aromatic rings. The third-order valence-corrected chi connectivity index (χ3v) is 3.35. The van der Waals surface area contributed by atoms with Crippen LogP contribution in [0.15, 0.2) is 36.7 Å². The second kappa shape index (κ2) is 5.75. The fraction of sp³-hybridized carbons (Fsp3) is 0.0909. The van der Waals surface area contributed by atoms with E-state index in [2.05, 4.69) is 9.97 Å². The Kier molecular flexibility index (Phi) is 4.17. The van der Waals surface area contributed by atoms with E-state index in [1.807, 2.05) is 0 Å². The molecule has 1 aromatic carbocycles. The van der Waals surface area contributed by atoms with Crippen molar-refractivity contribution in [3.63, 3.8) is 0 Å². The number of benzene rings is 1. The van der Waals surface area contributed by atoms with Gasteiger partial charge >= 0.3 is 21.5 Å². The molecule has 11 heteroatoms. The molecule has 0 saturated heterocycles. The van der Waals surface area contributed by atoms with Crippen molar-refractivity contribution in [2.24, 2.45) is 0 Å². The van der Waals surface area contributed by atoms with Gasteiger partial charge in [-0.15, -0.1) is 0 Å². The molecule has 1 aromatic heterocycles. The quantitative estimate of drug-likeness (QED) is 0.868. The molecular weight excluding hydrogens is 330 g/mol. The Morgan fingerprint density at radius 2 is 1.77 bits per heavy atom. The summed E-state index contributed by atoms with van der Waals surface area (Å²) in [4.78, 5) is 7.34. The van der Waals surface area contributed by atoms with Gasteiger partial charge in [0.25, 0.3) is 0 Å². The Morgan fingerprint density at radius 1 is 1.14 bits per heavy atom. The highest BCUT2D eigenvalue weighted by Gasteiger charge is 2.46. The number of hydrogen-bond acceptors (Lipinski definition) is 5. The minimum Gasteiger partial charge on any atom is -0.421 e. The van der Waals surface area contributed by atoms with Crippen LogP contribution in [0.2, 0.25) is 0 Å². The van der Waals surface area contributed by atoms with E-state index >= 15 is 0 Å². The van der Waals surface area contributed by atoms with Crippen molar-refractivity contribution in [2.75, 3.05) is 4.72 Å². The largest absolute Gasteiger partial charge is 0.516 e. The number of aromatic nitrogens is 2. The number of alkyl halides is 3. The number of hydrogen-bond donors (Lipinski definition) is 1. The maximum absolute atomic E-state index is 13.7. The lowest BCUT2D eigenvalue weighted by Crippen LogP contribution is -2.29. The summed E-state index contributed by atoms with van der Waals surface area (Å²) >= 11 is 0. The second-order valence-electron chi connectivity index (χ2n) is 3.83. The predicted octanol–water partition coefficient (Wildman–Crippen LogP) is 2.67. The first-order valence-electron chi connectivity index (χ1n) is 5.52. The van der Waals surface area contributed by atoms with Gasteiger partial charge in [0.1, 0.15) is 0 Å². The minimum absolute atomic E-state index is 0.176. The van der Waals surface area contributed by atoms with Crippen LogP contribution in [-0.2, 0) is 10.0 Å². The van der Waals surface area contributed by atoms with Gasteiger partial charge in [0.15, 0.2) is 11.6 Å². The first kappa shape index (κ1) is 15.9. The number of ether oxygens (including phenoxy) is 1. The number of halogens is 4. The Balaban J connectivity index is 2.20. The van der Waals surface area contributed by atoms with Gasteiger partial charge in [-0.25, -0.2) is 14.4 Å². The molecule has 0 saturated carbocycles. The maximum atomic E-state index is 13.7. The van der Waals surface area contributed by atoms with Gasteiger partial charge < -0.3 is 4.74 Å². The lowest BCUT2D eigenvalue weighted by atomic mass is 10.3. The smallest absolute Gasteiger partial charge is 0.421 e. The standard InChI is InChI=1S/C11H7F4N3O3S/c12-8-6-7(18-22(19,20)11(13,14)15)2-3-9(8)21-10-16-4-1-5-17-10/h1-6,18H. The molecule has 22 heavy (non-hydrogen) atoms. The summed E-state index contributed by atoms with van der Waals surface area (Å²) in [6, 6.07) is 3.72. The van der Waals surface area contributed by atoms with E-state index in [0.717, 1.165) is 12.1 Å². The summed E-state index contributed by atoms with van der Waals surface area (Å²) in [7, 11) is -5.62. The van der Waals surface area contributed by atoms with Gasteiger partial charge in [0.2, 0.25) is 0 Å². The van der Waals surface area contributed by atoms with Gasteiger partial charge in [0, 0.05) is 18.5 Å². The van der Waals surface area contributed by atoms with E-state index in [1.54, 1.807) is 0 Å². The van der Waals surface area contributed by atoms with Crippen molar-refractivity contribution in [2.45, 2.75) is 5.51 Å². The molecule has 0 aliphatic heterocycles. The van der Waals surface area contributed by atoms with Gasteiger partial charge in [-0.2, -0.15) is 21.6 Å². The molecule has 0 amide bonds. The van der Waals surface area contributed by atoms with Crippen LogP contribution >= 0.6 is 0 Å². The molecule has 0 fully saturated rings. The third-order valence-electron chi connectivity index (χ3n) is 2.23. The van der Waals surface area contributed by atoms with Crippen molar-refractivity contribution < 1.29 is 30.7 Å². The van der Waals surface area contributed by atoms with Crippen molar-refractivity contribution in [1.82, 2.24) is 9.97 Å². The molecule has 1 heterocycles. The Morgan fingerprint density at radius 3 is 2.32 bits per heavy atom. The first-order valence-corrected chi connectivity index (χ1v) is 7.01. The van der Waals surface area contributed by atoms with Crippen LogP contribution in [0.1, 0.15) is 0 Å². The number of sulfonamides is 1. The SMILES string of the molecule is O=S(=O)(Nc1ccc(Oc2ncccn2)c(F)c1)C(F)(F)F. The van der Waals surface area contributed by atoms with Crippen molar-refractivity contribution in [3.8, 4) is 11.8 Å². The molecule has 0 aliphatic carbocycles. The number of nitrogens with one attached hydrogen (secondary N) is 1. The molecule has 6 nitrogen and oxygen atoms in total. The van der Waals surface area contributed by atoms with Gasteiger partial charge in [-0.3, -0.25) is 4.72 Å². The summed E-state index contributed by atoms with van der Waals surface area (Å²) in [5.74, 6) is -1.46. The summed E-state index contributed by atoms with van der Waals surface area (Å²) in [5, 5.41) is 0. The average molecular weight is 337 g/mol. The topological polar surface area (TPSA) is 81.2 Å². The molecular formula is C11H7F4N3O3S. The number of nitrogens with zero attached hydrogens (tertiary/aromatic N) is 2. The van der Waals surface area contributed by atoms with Crippen LogP contribution in [0.5, 0.6) is 11.8 Å². The lowest BCUT2D eigenvalue weighted by Gasteiger charge is -2.11. The highest BCUT2D eigenvalue weighted by molar-refractivity contribution is 7.93. The lowest BCUT2D eigenvalue weighted by molar-refractivity contribution is -0.0429. The highest BCUT2D eigenvalue weighted by atomic mass is 32.2. The maximum Gasteiger partial charge on any atom is 0.516 e. The Hall–Kier alpha value is -2.43. The van der Waals surface area contributed by atoms with Gasteiger partial charge in [0.05, 0.1) is 5.69 Å². The van der Waals surface area contributed by atoms with E-state index in [-0.39, 0.29) is 11.8 Å². The molecule has 0 atom stereocenters. The van der Waals surface area contributed by atoms with E-state index in [1.165, 1.54) is 23.2 Å². The van der Waals surface area contributed by atoms with Crippen LogP contribution in [0.4, 0.5) is 23.2 Å². The van der Waals surface area contributed by atoms with Crippen LogP contribution in [0.3, 0.4) is 0 Å². The van der Waals surface area contributed by atoms with Crippen LogP contribution in [-0.4, -0.2) is 23.9 Å². The zero-order chi connectivity index (χ0) is 16.4. The Labute approximate surface area is 121 Å². The zero-order valence-electron chi connectivity index (χ0n) is 10.5. The van der Waals surface area contributed by atoms with Crippen molar-refractivity contribution in [1.29, 1.82) is 0 Å². The Bertz CT molecular complexity index is 766. The van der Waals surface area contributed by atoms with Gasteiger partial charge in [-0.1, -0.05) is 0 Å². The summed E-state index contributed by atoms with van der Waals surface area (Å²) in [6.45, 7) is 0. The molecule has 0 aliphatic rings. The van der Waals surface area contributed by atoms with E-state index in [9.17, 15) is 26.0 Å². The van der Waals surface area contributed by atoms with E-state index in [4.69, 9.17) is 4.74 Å². The molecule has 0 bridgehead atoms. The monoisotopic (exact) mass is 337 g/mol. The number of anilines is 1. The molecule has 0 unspecified atom stereocenters. The summed E-state index contributed by atoms with van der Waals surface area (Å²) in [5.41, 5.74) is -6.10. The van der Waals surface area contributed by atoms with Crippen LogP contribution in [0, 0.1) is 5.82 Å². The molecule has 0 spiro atoms. The molecule has 0 radical (unpaired) electrons.